The minimum absolute atomic E-state index is 0.115. The topological polar surface area (TPSA) is 47.6 Å². The van der Waals surface area contributed by atoms with E-state index in [9.17, 15) is 4.79 Å². The highest BCUT2D eigenvalue weighted by molar-refractivity contribution is 6.35. The Hall–Kier alpha value is -1.91. The van der Waals surface area contributed by atoms with Gasteiger partial charge in [0.25, 0.3) is 5.91 Å². The van der Waals surface area contributed by atoms with Crippen molar-refractivity contribution in [1.82, 2.24) is 5.32 Å². The molecule has 0 aromatic heterocycles. The number of hydrogen-bond donors (Lipinski definition) is 1. The van der Waals surface area contributed by atoms with Crippen molar-refractivity contribution < 1.29 is 14.3 Å². The molecule has 4 nitrogen and oxygen atoms in total. The Balaban J connectivity index is 1.94. The standard InChI is InChI=1S/C17H17Cl2NO3/c1-11(13-8-7-12(18)9-14(13)19)20-17(21)10-23-16-6-4-3-5-15(16)22-2/h3-9,11H,10H2,1-2H3,(H,20,21)/t11-/m1/s1. The molecule has 2 aromatic rings. The maximum Gasteiger partial charge on any atom is 0.258 e. The van der Waals surface area contributed by atoms with Crippen LogP contribution in [0.5, 0.6) is 11.5 Å². The summed E-state index contributed by atoms with van der Waals surface area (Å²) in [5, 5.41) is 3.89. The van der Waals surface area contributed by atoms with Crippen LogP contribution < -0.4 is 14.8 Å². The van der Waals surface area contributed by atoms with Crippen LogP contribution in [0.3, 0.4) is 0 Å². The Morgan fingerprint density at radius 3 is 2.52 bits per heavy atom. The van der Waals surface area contributed by atoms with E-state index < -0.39 is 0 Å². The predicted molar refractivity (Wildman–Crippen MR) is 91.5 cm³/mol. The van der Waals surface area contributed by atoms with Crippen molar-refractivity contribution in [3.63, 3.8) is 0 Å². The second-order valence-electron chi connectivity index (χ2n) is 4.89. The molecule has 1 N–H and O–H groups in total. The number of carbonyl (C=O) groups is 1. The van der Waals surface area contributed by atoms with Gasteiger partial charge in [0.15, 0.2) is 18.1 Å². The Morgan fingerprint density at radius 1 is 1.17 bits per heavy atom. The minimum atomic E-state index is -0.256. The van der Waals surface area contributed by atoms with Gasteiger partial charge in [-0.25, -0.2) is 0 Å². The highest BCUT2D eigenvalue weighted by atomic mass is 35.5. The van der Waals surface area contributed by atoms with E-state index in [2.05, 4.69) is 5.32 Å². The molecule has 0 radical (unpaired) electrons. The van der Waals surface area contributed by atoms with Gasteiger partial charge in [-0.3, -0.25) is 4.79 Å². The number of ether oxygens (including phenoxy) is 2. The molecular formula is C17H17Cl2NO3. The third-order valence-corrected chi connectivity index (χ3v) is 3.80. The normalized spacial score (nSPS) is 11.7. The average molecular weight is 354 g/mol. The second kappa shape index (κ2) is 8.09. The SMILES string of the molecule is COc1ccccc1OCC(=O)N[C@H](C)c1ccc(Cl)cc1Cl. The zero-order chi connectivity index (χ0) is 16.8. The predicted octanol–water partition coefficient (Wildman–Crippen LogP) is 4.26. The molecule has 0 aliphatic heterocycles. The van der Waals surface area contributed by atoms with Gasteiger partial charge in [0.05, 0.1) is 13.2 Å². The highest BCUT2D eigenvalue weighted by Crippen LogP contribution is 2.27. The molecule has 122 valence electrons. The number of rotatable bonds is 6. The van der Waals surface area contributed by atoms with Gasteiger partial charge in [0, 0.05) is 10.0 Å². The number of amides is 1. The number of nitrogens with one attached hydrogen (secondary N) is 1. The molecule has 0 aliphatic rings. The third kappa shape index (κ3) is 4.78. The molecular weight excluding hydrogens is 337 g/mol. The molecule has 6 heteroatoms. The lowest BCUT2D eigenvalue weighted by atomic mass is 10.1. The average Bonchev–Trinajstić information content (AvgIpc) is 2.53. The van der Waals surface area contributed by atoms with Crippen LogP contribution in [0.1, 0.15) is 18.5 Å². The molecule has 23 heavy (non-hydrogen) atoms. The number of methoxy groups -OCH3 is 1. The summed E-state index contributed by atoms with van der Waals surface area (Å²) < 4.78 is 10.7. The summed E-state index contributed by atoms with van der Waals surface area (Å²) in [6.07, 6.45) is 0. The van der Waals surface area contributed by atoms with Gasteiger partial charge < -0.3 is 14.8 Å². The summed E-state index contributed by atoms with van der Waals surface area (Å²) in [5.41, 5.74) is 0.793. The quantitative estimate of drug-likeness (QED) is 0.843. The zero-order valence-corrected chi connectivity index (χ0v) is 14.3. The summed E-state index contributed by atoms with van der Waals surface area (Å²) in [7, 11) is 1.55. The molecule has 0 unspecified atom stereocenters. The summed E-state index contributed by atoms with van der Waals surface area (Å²) in [5.74, 6) is 0.839. The fraction of sp³-hybridized carbons (Fsp3) is 0.235. The molecule has 0 aliphatic carbocycles. The first kappa shape index (κ1) is 17.4. The maximum atomic E-state index is 12.0. The Labute approximate surface area is 145 Å². The molecule has 1 atom stereocenters. The van der Waals surface area contributed by atoms with Gasteiger partial charge in [-0.2, -0.15) is 0 Å². The van der Waals surface area contributed by atoms with E-state index in [4.69, 9.17) is 32.7 Å². The number of benzene rings is 2. The van der Waals surface area contributed by atoms with Gasteiger partial charge >= 0.3 is 0 Å². The van der Waals surface area contributed by atoms with Gasteiger partial charge in [-0.05, 0) is 36.8 Å². The Bertz CT molecular complexity index is 691. The van der Waals surface area contributed by atoms with E-state index in [-0.39, 0.29) is 18.6 Å². The van der Waals surface area contributed by atoms with E-state index in [1.807, 2.05) is 19.1 Å². The van der Waals surface area contributed by atoms with Crippen LogP contribution in [0.4, 0.5) is 0 Å². The first-order valence-corrected chi connectivity index (χ1v) is 7.77. The van der Waals surface area contributed by atoms with Gasteiger partial charge in [-0.15, -0.1) is 0 Å². The van der Waals surface area contributed by atoms with E-state index >= 15 is 0 Å². The van der Waals surface area contributed by atoms with Crippen LogP contribution in [0.25, 0.3) is 0 Å². The lowest BCUT2D eigenvalue weighted by Crippen LogP contribution is -2.31. The molecule has 0 saturated carbocycles. The van der Waals surface area contributed by atoms with Crippen LogP contribution in [0, 0.1) is 0 Å². The van der Waals surface area contributed by atoms with E-state index in [0.29, 0.717) is 21.5 Å². The van der Waals surface area contributed by atoms with Crippen LogP contribution in [0.2, 0.25) is 10.0 Å². The summed E-state index contributed by atoms with van der Waals surface area (Å²) in [4.78, 5) is 12.0. The highest BCUT2D eigenvalue weighted by Gasteiger charge is 2.14. The number of hydrogen-bond acceptors (Lipinski definition) is 3. The molecule has 0 heterocycles. The molecule has 0 fully saturated rings. The fourth-order valence-corrected chi connectivity index (χ4v) is 2.67. The van der Waals surface area contributed by atoms with E-state index in [0.717, 1.165) is 5.56 Å². The van der Waals surface area contributed by atoms with Crippen LogP contribution in [0.15, 0.2) is 42.5 Å². The fourth-order valence-electron chi connectivity index (χ4n) is 2.09. The minimum Gasteiger partial charge on any atom is -0.493 e. The van der Waals surface area contributed by atoms with E-state index in [1.165, 1.54) is 0 Å². The Kier molecular flexibility index (Phi) is 6.13. The van der Waals surface area contributed by atoms with Crippen molar-refractivity contribution in [3.05, 3.63) is 58.1 Å². The largest absolute Gasteiger partial charge is 0.493 e. The smallest absolute Gasteiger partial charge is 0.258 e. The third-order valence-electron chi connectivity index (χ3n) is 3.23. The number of halogens is 2. The Morgan fingerprint density at radius 2 is 1.87 bits per heavy atom. The molecule has 2 aromatic carbocycles. The first-order chi connectivity index (χ1) is 11.0. The van der Waals surface area contributed by atoms with Crippen molar-refractivity contribution in [1.29, 1.82) is 0 Å². The number of para-hydroxylation sites is 2. The van der Waals surface area contributed by atoms with Crippen molar-refractivity contribution in [2.24, 2.45) is 0 Å². The molecule has 1 amide bonds. The van der Waals surface area contributed by atoms with Crippen LogP contribution >= 0.6 is 23.2 Å². The molecule has 0 bridgehead atoms. The summed E-state index contributed by atoms with van der Waals surface area (Å²) in [6.45, 7) is 1.73. The van der Waals surface area contributed by atoms with Crippen LogP contribution in [-0.4, -0.2) is 19.6 Å². The summed E-state index contributed by atoms with van der Waals surface area (Å²) in [6, 6.07) is 12.1. The lowest BCUT2D eigenvalue weighted by molar-refractivity contribution is -0.123. The van der Waals surface area contributed by atoms with Gasteiger partial charge in [-0.1, -0.05) is 41.4 Å². The monoisotopic (exact) mass is 353 g/mol. The van der Waals surface area contributed by atoms with Crippen molar-refractivity contribution in [2.45, 2.75) is 13.0 Å². The maximum absolute atomic E-state index is 12.0. The van der Waals surface area contributed by atoms with Crippen molar-refractivity contribution in [3.8, 4) is 11.5 Å². The second-order valence-corrected chi connectivity index (χ2v) is 5.74. The van der Waals surface area contributed by atoms with E-state index in [1.54, 1.807) is 37.4 Å². The van der Waals surface area contributed by atoms with Gasteiger partial charge in [0.1, 0.15) is 0 Å². The van der Waals surface area contributed by atoms with Crippen molar-refractivity contribution >= 4 is 29.1 Å². The first-order valence-electron chi connectivity index (χ1n) is 7.01. The van der Waals surface area contributed by atoms with Gasteiger partial charge in [0.2, 0.25) is 0 Å². The zero-order valence-electron chi connectivity index (χ0n) is 12.8. The number of carbonyl (C=O) groups excluding carboxylic acids is 1. The molecule has 2 rings (SSSR count). The lowest BCUT2D eigenvalue weighted by Gasteiger charge is -2.16. The summed E-state index contributed by atoms with van der Waals surface area (Å²) >= 11 is 12.0. The van der Waals surface area contributed by atoms with Crippen molar-refractivity contribution in [2.75, 3.05) is 13.7 Å². The van der Waals surface area contributed by atoms with Crippen LogP contribution in [-0.2, 0) is 4.79 Å². The molecule has 0 saturated heterocycles. The molecule has 0 spiro atoms.